The molecule has 0 aromatic rings. The molecule has 0 aromatic carbocycles. The van der Waals surface area contributed by atoms with Gasteiger partial charge in [-0.2, -0.15) is 0 Å². The molecule has 0 saturated heterocycles. The van der Waals surface area contributed by atoms with Crippen LogP contribution in [0.4, 0.5) is 0 Å². The van der Waals surface area contributed by atoms with Crippen molar-refractivity contribution >= 4 is 11.7 Å². The van der Waals surface area contributed by atoms with Gasteiger partial charge in [-0.15, -0.1) is 12.8 Å². The molecule has 0 fully saturated rings. The minimum atomic E-state index is 0.387. The van der Waals surface area contributed by atoms with E-state index in [0.29, 0.717) is 11.7 Å². The average molecular weight is 102 g/mol. The third kappa shape index (κ3) is 0.488. The van der Waals surface area contributed by atoms with Crippen molar-refractivity contribution in [1.29, 1.82) is 0 Å². The summed E-state index contributed by atoms with van der Waals surface area (Å²) in [5.41, 5.74) is 0. The van der Waals surface area contributed by atoms with Crippen molar-refractivity contribution in [3.05, 3.63) is 0 Å². The molecule has 1 radical (unpaired) electrons. The van der Waals surface area contributed by atoms with Crippen molar-refractivity contribution in [1.82, 2.24) is 4.99 Å². The lowest BCUT2D eigenvalue weighted by molar-refractivity contribution is 1.36. The van der Waals surface area contributed by atoms with Crippen LogP contribution in [0.1, 0.15) is 0 Å². The average Bonchev–Trinajstić information content (AvgIpc) is 1.65. The summed E-state index contributed by atoms with van der Waals surface area (Å²) in [6, 6.07) is 0. The number of amidine groups is 2. The summed E-state index contributed by atoms with van der Waals surface area (Å²) in [7, 11) is 0. The zero-order chi connectivity index (χ0) is 5.98. The molecule has 0 spiro atoms. The molecule has 0 unspecified atom stereocenters. The highest BCUT2D eigenvalue weighted by Crippen LogP contribution is 1.84. The van der Waals surface area contributed by atoms with Crippen LogP contribution in [0.25, 0.3) is 0 Å². The van der Waals surface area contributed by atoms with Crippen LogP contribution >= 0.6 is 0 Å². The number of aliphatic imine (C=N–C) groups is 2. The lowest BCUT2D eigenvalue weighted by Gasteiger charge is -1.85. The number of nitrogens with zero attached hydrogens (tertiary/aromatic N) is 2. The predicted octanol–water partition coefficient (Wildman–Crippen LogP) is -0.601. The molecule has 1 heterocycles. The second kappa shape index (κ2) is 1.52. The van der Waals surface area contributed by atoms with Crippen molar-refractivity contribution in [2.24, 2.45) is 4.99 Å². The fraction of sp³-hybridized carbons (Fsp3) is 0. The molecule has 1 aliphatic rings. The van der Waals surface area contributed by atoms with Crippen LogP contribution < -0.4 is 4.99 Å². The lowest BCUT2D eigenvalue weighted by atomic mass is 10.5. The van der Waals surface area contributed by atoms with E-state index in [2.05, 4.69) is 21.8 Å². The van der Waals surface area contributed by atoms with Crippen molar-refractivity contribution in [2.75, 3.05) is 0 Å². The van der Waals surface area contributed by atoms with Gasteiger partial charge in [0.2, 0.25) is 0 Å². The Hall–Kier alpha value is -1.54. The predicted molar refractivity (Wildman–Crippen MR) is 32.2 cm³/mol. The summed E-state index contributed by atoms with van der Waals surface area (Å²) in [5.74, 6) is 5.24. The van der Waals surface area contributed by atoms with Gasteiger partial charge in [0.1, 0.15) is 0 Å². The maximum atomic E-state index is 4.89. The monoisotopic (exact) mass is 102 g/mol. The van der Waals surface area contributed by atoms with E-state index in [9.17, 15) is 0 Å². The van der Waals surface area contributed by atoms with Crippen LogP contribution in [0.15, 0.2) is 4.99 Å². The minimum Gasteiger partial charge on any atom is -0.108 e. The van der Waals surface area contributed by atoms with Crippen molar-refractivity contribution in [3.8, 4) is 24.7 Å². The van der Waals surface area contributed by atoms with Crippen LogP contribution in [0.2, 0.25) is 0 Å². The molecular weight excluding hydrogens is 100 g/mol. The number of rotatable bonds is 0. The third-order valence-corrected chi connectivity index (χ3v) is 0.682. The maximum Gasteiger partial charge on any atom is 0.354 e. The maximum absolute atomic E-state index is 4.89. The highest BCUT2D eigenvalue weighted by Gasteiger charge is 2.17. The highest BCUT2D eigenvalue weighted by atomic mass is 15.1. The summed E-state index contributed by atoms with van der Waals surface area (Å²) < 4.78 is 0. The SMILES string of the molecule is C#CC1=NC(C#C)=[N+]1. The molecule has 35 valence electrons. The van der Waals surface area contributed by atoms with Gasteiger partial charge >= 0.3 is 11.7 Å². The molecule has 0 aromatic heterocycles. The van der Waals surface area contributed by atoms with Crippen LogP contribution in [0.5, 0.6) is 0 Å². The van der Waals surface area contributed by atoms with Gasteiger partial charge in [-0.25, -0.2) is 0 Å². The van der Waals surface area contributed by atoms with E-state index in [4.69, 9.17) is 12.8 Å². The zero-order valence-electron chi connectivity index (χ0n) is 4.05. The number of terminal acetylenes is 2. The standard InChI is InChI=1S/C6H2N2/c1-3-5-7-6(4-2)8-5/h1-2H/q+1. The first-order chi connectivity index (χ1) is 3.86. The van der Waals surface area contributed by atoms with Crippen molar-refractivity contribution in [3.63, 3.8) is 0 Å². The Labute approximate surface area is 47.3 Å². The van der Waals surface area contributed by atoms with Gasteiger partial charge in [0.05, 0.1) is 0 Å². The quantitative estimate of drug-likeness (QED) is 0.365. The summed E-state index contributed by atoms with van der Waals surface area (Å²) in [6.07, 6.45) is 9.79. The van der Waals surface area contributed by atoms with Gasteiger partial charge < -0.3 is 0 Å². The molecule has 1 aliphatic heterocycles. The first-order valence-corrected chi connectivity index (χ1v) is 1.97. The third-order valence-electron chi connectivity index (χ3n) is 0.682. The van der Waals surface area contributed by atoms with Gasteiger partial charge in [0, 0.05) is 11.8 Å². The molecule has 0 atom stereocenters. The largest absolute Gasteiger partial charge is 0.354 e. The molecular formula is C6H2N2+. The van der Waals surface area contributed by atoms with E-state index in [1.54, 1.807) is 0 Å². The Balaban J connectivity index is 2.65. The van der Waals surface area contributed by atoms with E-state index >= 15 is 0 Å². The summed E-state index contributed by atoms with van der Waals surface area (Å²) in [5, 5.41) is 0. The summed E-state index contributed by atoms with van der Waals surface area (Å²) in [6.45, 7) is 0. The van der Waals surface area contributed by atoms with Crippen LogP contribution in [0, 0.1) is 24.7 Å². The summed E-state index contributed by atoms with van der Waals surface area (Å²) >= 11 is 0. The van der Waals surface area contributed by atoms with Gasteiger partial charge in [-0.3, -0.25) is 0 Å². The first-order valence-electron chi connectivity index (χ1n) is 1.97. The van der Waals surface area contributed by atoms with E-state index in [1.807, 2.05) is 0 Å². The normalized spacial score (nSPS) is 14.2. The van der Waals surface area contributed by atoms with Crippen LogP contribution in [-0.4, -0.2) is 11.7 Å². The molecule has 0 N–H and O–H groups in total. The van der Waals surface area contributed by atoms with Crippen molar-refractivity contribution < 1.29 is 0 Å². The van der Waals surface area contributed by atoms with Crippen molar-refractivity contribution in [2.45, 2.75) is 0 Å². The molecule has 0 aliphatic carbocycles. The molecule has 0 amide bonds. The molecule has 0 saturated carbocycles. The molecule has 8 heavy (non-hydrogen) atoms. The Morgan fingerprint density at radius 1 is 1.38 bits per heavy atom. The Kier molecular flexibility index (Phi) is 0.875. The van der Waals surface area contributed by atoms with E-state index in [0.717, 1.165) is 0 Å². The van der Waals surface area contributed by atoms with Crippen LogP contribution in [0.3, 0.4) is 0 Å². The summed E-state index contributed by atoms with van der Waals surface area (Å²) in [4.78, 5) is 7.31. The smallest absolute Gasteiger partial charge is 0.108 e. The second-order valence-corrected chi connectivity index (χ2v) is 1.16. The highest BCUT2D eigenvalue weighted by molar-refractivity contribution is 6.21. The van der Waals surface area contributed by atoms with E-state index < -0.39 is 0 Å². The number of hydrogen-bond donors (Lipinski definition) is 0. The van der Waals surface area contributed by atoms with Gasteiger partial charge in [-0.1, -0.05) is 0 Å². The second-order valence-electron chi connectivity index (χ2n) is 1.16. The molecule has 2 nitrogen and oxygen atoms in total. The lowest BCUT2D eigenvalue weighted by Crippen LogP contribution is -2.21. The minimum absolute atomic E-state index is 0.387. The van der Waals surface area contributed by atoms with E-state index in [-0.39, 0.29) is 0 Å². The zero-order valence-corrected chi connectivity index (χ0v) is 4.05. The van der Waals surface area contributed by atoms with E-state index in [1.165, 1.54) is 0 Å². The van der Waals surface area contributed by atoms with Gasteiger partial charge in [-0.05, 0) is 9.98 Å². The molecule has 0 bridgehead atoms. The topological polar surface area (TPSA) is 26.5 Å². The fourth-order valence-corrected chi connectivity index (χ4v) is 0.335. The molecule has 1 rings (SSSR count). The Morgan fingerprint density at radius 3 is 2.38 bits per heavy atom. The Morgan fingerprint density at radius 2 is 2.00 bits per heavy atom. The van der Waals surface area contributed by atoms with Gasteiger partial charge in [0.15, 0.2) is 0 Å². The first kappa shape index (κ1) is 4.61. The van der Waals surface area contributed by atoms with Crippen LogP contribution in [-0.2, 0) is 0 Å². The number of hydrogen-bond acceptors (Lipinski definition) is 2. The molecule has 2 heteroatoms. The fourth-order valence-electron chi connectivity index (χ4n) is 0.335. The Bertz CT molecular complexity index is 211. The van der Waals surface area contributed by atoms with Gasteiger partial charge in [0.25, 0.3) is 0 Å².